The molecule has 4 nitrogen and oxygen atoms in total. The van der Waals surface area contributed by atoms with Crippen LogP contribution in [0.2, 0.25) is 0 Å². The first-order valence-electron chi connectivity index (χ1n) is 6.09. The molecule has 0 fully saturated rings. The van der Waals surface area contributed by atoms with Crippen molar-refractivity contribution >= 4 is 27.8 Å². The van der Waals surface area contributed by atoms with E-state index in [2.05, 4.69) is 27.5 Å². The molecule has 0 saturated carbocycles. The van der Waals surface area contributed by atoms with Crippen molar-refractivity contribution in [1.29, 1.82) is 0 Å². The second kappa shape index (κ2) is 4.29. The van der Waals surface area contributed by atoms with Crippen molar-refractivity contribution in [1.82, 2.24) is 14.5 Å². The van der Waals surface area contributed by atoms with Crippen LogP contribution in [0.5, 0.6) is 0 Å². The zero-order valence-electron chi connectivity index (χ0n) is 10.1. The average molecular weight is 239 g/mol. The molecule has 0 saturated heterocycles. The van der Waals surface area contributed by atoms with Crippen LogP contribution in [0.1, 0.15) is 12.8 Å². The number of nitrogen functional groups attached to an aromatic ring is 1. The number of aryl methyl sites for hydroxylation is 1. The van der Waals surface area contributed by atoms with E-state index >= 15 is 0 Å². The summed E-state index contributed by atoms with van der Waals surface area (Å²) in [5.41, 5.74) is 8.75. The van der Waals surface area contributed by atoms with E-state index in [-0.39, 0.29) is 0 Å². The molecule has 0 aliphatic heterocycles. The van der Waals surface area contributed by atoms with Crippen molar-refractivity contribution < 1.29 is 0 Å². The van der Waals surface area contributed by atoms with Gasteiger partial charge in [-0.3, -0.25) is 0 Å². The van der Waals surface area contributed by atoms with Gasteiger partial charge < -0.3 is 10.3 Å². The molecule has 0 spiro atoms. The van der Waals surface area contributed by atoms with Gasteiger partial charge in [-0.25, -0.2) is 9.97 Å². The summed E-state index contributed by atoms with van der Waals surface area (Å²) in [6.45, 7) is 4.78. The highest BCUT2D eigenvalue weighted by molar-refractivity contribution is 6.06. The van der Waals surface area contributed by atoms with E-state index in [0.717, 1.165) is 41.3 Å². The summed E-state index contributed by atoms with van der Waals surface area (Å²) in [6.07, 6.45) is 3.78. The minimum absolute atomic E-state index is 0.497. The molecule has 3 aromatic rings. The molecule has 4 heteroatoms. The molecule has 1 aromatic carbocycles. The molecule has 0 amide bonds. The zero-order valence-corrected chi connectivity index (χ0v) is 10.1. The number of rotatable bonds is 3. The molecule has 1 radical (unpaired) electrons. The van der Waals surface area contributed by atoms with Crippen molar-refractivity contribution in [2.24, 2.45) is 0 Å². The van der Waals surface area contributed by atoms with Crippen molar-refractivity contribution in [3.63, 3.8) is 0 Å². The fourth-order valence-corrected chi connectivity index (χ4v) is 2.26. The molecular formula is C14H15N4. The number of imidazole rings is 1. The molecule has 0 aliphatic carbocycles. The Labute approximate surface area is 105 Å². The van der Waals surface area contributed by atoms with Crippen molar-refractivity contribution in [2.75, 3.05) is 5.73 Å². The minimum atomic E-state index is 0.497. The van der Waals surface area contributed by atoms with Crippen LogP contribution in [0.25, 0.3) is 21.9 Å². The molecule has 2 heterocycles. The highest BCUT2D eigenvalue weighted by atomic mass is 15.1. The van der Waals surface area contributed by atoms with Crippen molar-refractivity contribution in [3.05, 3.63) is 37.5 Å². The van der Waals surface area contributed by atoms with Crippen LogP contribution in [0.4, 0.5) is 5.82 Å². The van der Waals surface area contributed by atoms with E-state index in [1.165, 1.54) is 0 Å². The minimum Gasteiger partial charge on any atom is -0.382 e. The number of unbranched alkanes of at least 4 members (excludes halogenated alkanes) is 1. The number of anilines is 1. The van der Waals surface area contributed by atoms with Crippen LogP contribution >= 0.6 is 0 Å². The summed E-state index contributed by atoms with van der Waals surface area (Å²) < 4.78 is 2.14. The Morgan fingerprint density at radius 3 is 2.94 bits per heavy atom. The zero-order chi connectivity index (χ0) is 12.5. The normalized spacial score (nSPS) is 11.4. The molecule has 0 atom stereocenters. The standard InChI is InChI=1S/C14H15N4/c1-2-3-8-18-9-16-12-13(18)10-6-4-5-7-11(10)17-14(12)15/h4-7,9H,1-3,8H2,(H2,15,17). The summed E-state index contributed by atoms with van der Waals surface area (Å²) in [4.78, 5) is 8.76. The summed E-state index contributed by atoms with van der Waals surface area (Å²) in [5, 5.41) is 1.10. The summed E-state index contributed by atoms with van der Waals surface area (Å²) in [7, 11) is 0. The van der Waals surface area contributed by atoms with E-state index in [1.54, 1.807) is 0 Å². The van der Waals surface area contributed by atoms with Gasteiger partial charge >= 0.3 is 0 Å². The lowest BCUT2D eigenvalue weighted by atomic mass is 10.2. The maximum Gasteiger partial charge on any atom is 0.152 e. The van der Waals surface area contributed by atoms with Gasteiger partial charge in [0.15, 0.2) is 5.82 Å². The highest BCUT2D eigenvalue weighted by Crippen LogP contribution is 2.26. The van der Waals surface area contributed by atoms with Crippen LogP contribution in [0.3, 0.4) is 0 Å². The predicted octanol–water partition coefficient (Wildman–Crippen LogP) is 2.78. The van der Waals surface area contributed by atoms with Crippen LogP contribution in [0, 0.1) is 6.92 Å². The first-order chi connectivity index (χ1) is 8.81. The van der Waals surface area contributed by atoms with Crippen LogP contribution in [0.15, 0.2) is 30.6 Å². The molecule has 0 aliphatic rings. The topological polar surface area (TPSA) is 56.7 Å². The molecule has 91 valence electrons. The van der Waals surface area contributed by atoms with Crippen LogP contribution in [-0.2, 0) is 6.54 Å². The Bertz CT molecular complexity index is 699. The van der Waals surface area contributed by atoms with E-state index < -0.39 is 0 Å². The largest absolute Gasteiger partial charge is 0.382 e. The SMILES string of the molecule is [CH2]CCCn1cnc2c(N)nc3ccccc3c21. The number of nitrogens with two attached hydrogens (primary N) is 1. The van der Waals surface area contributed by atoms with E-state index in [0.29, 0.717) is 5.82 Å². The maximum atomic E-state index is 5.97. The summed E-state index contributed by atoms with van der Waals surface area (Å²) in [6, 6.07) is 8.02. The van der Waals surface area contributed by atoms with E-state index in [9.17, 15) is 0 Å². The van der Waals surface area contributed by atoms with Gasteiger partial charge in [0.1, 0.15) is 5.52 Å². The number of benzene rings is 1. The first kappa shape index (κ1) is 11.0. The van der Waals surface area contributed by atoms with Gasteiger partial charge in [0, 0.05) is 11.9 Å². The molecule has 2 N–H and O–H groups in total. The fraction of sp³-hybridized carbons (Fsp3) is 0.214. The number of pyridine rings is 1. The Hall–Kier alpha value is -2.10. The number of fused-ring (bicyclic) bond motifs is 3. The number of hydrogen-bond acceptors (Lipinski definition) is 3. The van der Waals surface area contributed by atoms with Gasteiger partial charge in [0.2, 0.25) is 0 Å². The van der Waals surface area contributed by atoms with Gasteiger partial charge in [0.25, 0.3) is 0 Å². The van der Waals surface area contributed by atoms with E-state index in [4.69, 9.17) is 5.73 Å². The molecule has 18 heavy (non-hydrogen) atoms. The van der Waals surface area contributed by atoms with E-state index in [1.807, 2.05) is 24.5 Å². The van der Waals surface area contributed by atoms with Gasteiger partial charge in [-0.15, -0.1) is 0 Å². The molecular weight excluding hydrogens is 224 g/mol. The number of hydrogen-bond donors (Lipinski definition) is 1. The summed E-state index contributed by atoms with van der Waals surface area (Å²) >= 11 is 0. The van der Waals surface area contributed by atoms with Gasteiger partial charge in [-0.2, -0.15) is 0 Å². The maximum absolute atomic E-state index is 5.97. The number of aromatic nitrogens is 3. The first-order valence-corrected chi connectivity index (χ1v) is 6.09. The van der Waals surface area contributed by atoms with Crippen LogP contribution in [-0.4, -0.2) is 14.5 Å². The Morgan fingerprint density at radius 2 is 2.11 bits per heavy atom. The third-order valence-electron chi connectivity index (χ3n) is 3.13. The molecule has 3 rings (SSSR count). The third kappa shape index (κ3) is 1.61. The quantitative estimate of drug-likeness (QED) is 0.764. The predicted molar refractivity (Wildman–Crippen MR) is 74.0 cm³/mol. The second-order valence-electron chi connectivity index (χ2n) is 4.36. The average Bonchev–Trinajstić information content (AvgIpc) is 2.81. The third-order valence-corrected chi connectivity index (χ3v) is 3.13. The monoisotopic (exact) mass is 239 g/mol. The second-order valence-corrected chi connectivity index (χ2v) is 4.36. The number of para-hydroxylation sites is 1. The lowest BCUT2D eigenvalue weighted by Crippen LogP contribution is -1.98. The van der Waals surface area contributed by atoms with Crippen LogP contribution < -0.4 is 5.73 Å². The fourth-order valence-electron chi connectivity index (χ4n) is 2.26. The highest BCUT2D eigenvalue weighted by Gasteiger charge is 2.11. The van der Waals surface area contributed by atoms with Gasteiger partial charge in [-0.1, -0.05) is 31.5 Å². The lowest BCUT2D eigenvalue weighted by molar-refractivity contribution is 0.665. The van der Waals surface area contributed by atoms with Crippen molar-refractivity contribution in [2.45, 2.75) is 19.4 Å². The van der Waals surface area contributed by atoms with Gasteiger partial charge in [-0.05, 0) is 12.5 Å². The summed E-state index contributed by atoms with van der Waals surface area (Å²) in [5.74, 6) is 0.497. The Kier molecular flexibility index (Phi) is 2.63. The Morgan fingerprint density at radius 1 is 1.28 bits per heavy atom. The molecule has 0 unspecified atom stereocenters. The van der Waals surface area contributed by atoms with Gasteiger partial charge in [0.05, 0.1) is 17.4 Å². The lowest BCUT2D eigenvalue weighted by Gasteiger charge is -2.06. The molecule has 0 bridgehead atoms. The smallest absolute Gasteiger partial charge is 0.152 e. The molecule has 2 aromatic heterocycles. The van der Waals surface area contributed by atoms with Crippen molar-refractivity contribution in [3.8, 4) is 0 Å². The number of nitrogens with zero attached hydrogens (tertiary/aromatic N) is 3. The Balaban J connectivity index is 2.33.